The minimum atomic E-state index is -4.39. The Labute approximate surface area is 116 Å². The van der Waals surface area contributed by atoms with Crippen LogP contribution in [0.3, 0.4) is 0 Å². The van der Waals surface area contributed by atoms with Crippen LogP contribution in [0.5, 0.6) is 0 Å². The zero-order valence-electron chi connectivity index (χ0n) is 10.1. The molecule has 6 N–H and O–H groups in total. The highest BCUT2D eigenvalue weighted by Crippen LogP contribution is 2.30. The second-order valence-corrected chi connectivity index (χ2v) is 4.66. The Kier molecular flexibility index (Phi) is 5.28. The van der Waals surface area contributed by atoms with Crippen LogP contribution in [0.15, 0.2) is 35.0 Å². The van der Waals surface area contributed by atoms with E-state index in [0.717, 1.165) is 23.9 Å². The molecule has 1 rings (SSSR count). The summed E-state index contributed by atoms with van der Waals surface area (Å²) in [6.45, 7) is 0. The molecule has 0 radical (unpaired) electrons. The van der Waals surface area contributed by atoms with Crippen molar-refractivity contribution < 1.29 is 23.1 Å². The molecule has 0 fully saturated rings. The smallest absolute Gasteiger partial charge is 0.416 e. The lowest BCUT2D eigenvalue weighted by atomic mass is 10.1. The van der Waals surface area contributed by atoms with Gasteiger partial charge in [-0.25, -0.2) is 10.6 Å². The summed E-state index contributed by atoms with van der Waals surface area (Å²) in [4.78, 5) is 10.6. The minimum absolute atomic E-state index is 0.0393. The van der Waals surface area contributed by atoms with Crippen molar-refractivity contribution in [1.29, 1.82) is 0 Å². The van der Waals surface area contributed by atoms with Crippen LogP contribution in [0.25, 0.3) is 0 Å². The summed E-state index contributed by atoms with van der Waals surface area (Å²) in [5.41, 5.74) is 6.81. The van der Waals surface area contributed by atoms with E-state index < -0.39 is 23.4 Å². The van der Waals surface area contributed by atoms with E-state index in [1.807, 2.05) is 0 Å². The highest BCUT2D eigenvalue weighted by Gasteiger charge is 2.29. The molecular formula is C11H12F3N3O2S. The maximum absolute atomic E-state index is 12.4. The number of hydrazine groups is 1. The number of benzene rings is 1. The van der Waals surface area contributed by atoms with Crippen LogP contribution in [0.4, 0.5) is 13.2 Å². The molecule has 0 aliphatic rings. The van der Waals surface area contributed by atoms with Gasteiger partial charge in [0, 0.05) is 5.75 Å². The topological polar surface area (TPSA) is 101 Å². The van der Waals surface area contributed by atoms with E-state index in [9.17, 15) is 18.0 Å². The highest BCUT2D eigenvalue weighted by atomic mass is 32.2. The molecule has 110 valence electrons. The number of rotatable bonds is 5. The zero-order valence-corrected chi connectivity index (χ0v) is 10.9. The maximum Gasteiger partial charge on any atom is 0.416 e. The van der Waals surface area contributed by atoms with Crippen LogP contribution in [-0.4, -0.2) is 11.1 Å². The molecular weight excluding hydrogens is 295 g/mol. The number of carboxylic acids is 1. The van der Waals surface area contributed by atoms with E-state index in [1.54, 1.807) is 0 Å². The fraction of sp³-hybridized carbons (Fsp3) is 0.182. The number of alkyl halides is 3. The highest BCUT2D eigenvalue weighted by molar-refractivity contribution is 8.02. The molecule has 0 bridgehead atoms. The maximum atomic E-state index is 12.4. The first-order chi connectivity index (χ1) is 9.25. The minimum Gasteiger partial charge on any atom is -0.477 e. The van der Waals surface area contributed by atoms with Gasteiger partial charge in [0.15, 0.2) is 0 Å². The van der Waals surface area contributed by atoms with E-state index in [1.165, 1.54) is 12.1 Å². The van der Waals surface area contributed by atoms with E-state index in [0.29, 0.717) is 5.56 Å². The van der Waals surface area contributed by atoms with Crippen molar-refractivity contribution in [2.24, 2.45) is 11.6 Å². The number of hydrogen-bond donors (Lipinski definition) is 4. The number of nitrogens with two attached hydrogens (primary N) is 2. The van der Waals surface area contributed by atoms with Crippen molar-refractivity contribution >= 4 is 17.7 Å². The molecule has 0 aromatic heterocycles. The Morgan fingerprint density at radius 3 is 2.25 bits per heavy atom. The first kappa shape index (κ1) is 16.2. The number of nitrogens with one attached hydrogen (secondary N) is 1. The summed E-state index contributed by atoms with van der Waals surface area (Å²) < 4.78 is 37.1. The summed E-state index contributed by atoms with van der Waals surface area (Å²) in [5.74, 6) is 4.03. The quantitative estimate of drug-likeness (QED) is 0.374. The summed E-state index contributed by atoms with van der Waals surface area (Å²) in [6, 6.07) is 4.52. The van der Waals surface area contributed by atoms with Crippen molar-refractivity contribution in [2.75, 3.05) is 0 Å². The van der Waals surface area contributed by atoms with Gasteiger partial charge in [0.05, 0.1) is 5.56 Å². The van der Waals surface area contributed by atoms with Gasteiger partial charge in [-0.15, -0.1) is 11.8 Å². The van der Waals surface area contributed by atoms with Gasteiger partial charge in [0.25, 0.3) is 0 Å². The molecule has 20 heavy (non-hydrogen) atoms. The van der Waals surface area contributed by atoms with Crippen LogP contribution in [0.1, 0.15) is 11.1 Å². The molecule has 0 heterocycles. The van der Waals surface area contributed by atoms with Gasteiger partial charge in [0.1, 0.15) is 10.7 Å². The Bertz CT molecular complexity index is 515. The fourth-order valence-electron chi connectivity index (χ4n) is 1.24. The normalized spacial score (nSPS) is 12.8. The molecule has 0 unspecified atom stereocenters. The van der Waals surface area contributed by atoms with Gasteiger partial charge in [0.2, 0.25) is 0 Å². The molecule has 0 spiro atoms. The fourth-order valence-corrected chi connectivity index (χ4v) is 2.07. The monoisotopic (exact) mass is 307 g/mol. The van der Waals surface area contributed by atoms with Gasteiger partial charge in [-0.3, -0.25) is 0 Å². The third-order valence-electron chi connectivity index (χ3n) is 2.27. The molecule has 0 aliphatic heterocycles. The third-order valence-corrected chi connectivity index (χ3v) is 3.37. The zero-order chi connectivity index (χ0) is 15.3. The van der Waals surface area contributed by atoms with E-state index in [2.05, 4.69) is 5.43 Å². The second kappa shape index (κ2) is 6.53. The Morgan fingerprint density at radius 2 is 1.85 bits per heavy atom. The molecule has 5 nitrogen and oxygen atoms in total. The predicted molar refractivity (Wildman–Crippen MR) is 68.9 cm³/mol. The van der Waals surface area contributed by atoms with E-state index in [-0.39, 0.29) is 10.8 Å². The van der Waals surface area contributed by atoms with Crippen molar-refractivity contribution in [3.8, 4) is 0 Å². The molecule has 0 amide bonds. The number of hydrogen-bond acceptors (Lipinski definition) is 5. The van der Waals surface area contributed by atoms with Gasteiger partial charge >= 0.3 is 12.1 Å². The number of halogens is 3. The molecule has 1 aromatic rings. The van der Waals surface area contributed by atoms with Gasteiger partial charge < -0.3 is 16.3 Å². The summed E-state index contributed by atoms with van der Waals surface area (Å²) in [7, 11) is 0. The van der Waals surface area contributed by atoms with Crippen LogP contribution in [0.2, 0.25) is 0 Å². The van der Waals surface area contributed by atoms with Crippen LogP contribution >= 0.6 is 11.8 Å². The van der Waals surface area contributed by atoms with E-state index >= 15 is 0 Å². The van der Waals surface area contributed by atoms with E-state index in [4.69, 9.17) is 16.7 Å². The number of carboxylic acid groups (broad SMARTS) is 1. The Morgan fingerprint density at radius 1 is 1.30 bits per heavy atom. The average Bonchev–Trinajstić information content (AvgIpc) is 2.38. The average molecular weight is 307 g/mol. The number of carbonyl (C=O) groups is 1. The standard InChI is InChI=1S/C11H12F3N3O2S/c12-11(13,14)7-3-1-6(2-4-7)5-20-9(17-16)8(15)10(18)19/h1-4,17H,5,15-16H2,(H,18,19)/b9-8+. The van der Waals surface area contributed by atoms with Gasteiger partial charge in [-0.2, -0.15) is 13.2 Å². The van der Waals surface area contributed by atoms with Crippen molar-refractivity contribution in [2.45, 2.75) is 11.9 Å². The first-order valence-electron chi connectivity index (χ1n) is 5.24. The Balaban J connectivity index is 2.76. The lowest BCUT2D eigenvalue weighted by molar-refractivity contribution is -0.137. The largest absolute Gasteiger partial charge is 0.477 e. The van der Waals surface area contributed by atoms with Crippen molar-refractivity contribution in [3.05, 3.63) is 46.1 Å². The van der Waals surface area contributed by atoms with Gasteiger partial charge in [-0.1, -0.05) is 12.1 Å². The molecule has 0 aliphatic carbocycles. The molecule has 1 aromatic carbocycles. The molecule has 9 heteroatoms. The molecule has 0 atom stereocenters. The summed E-state index contributed by atoms with van der Waals surface area (Å²) >= 11 is 0.981. The predicted octanol–water partition coefficient (Wildman–Crippen LogP) is 1.61. The summed E-state index contributed by atoms with van der Waals surface area (Å²) in [5, 5.41) is 8.73. The SMILES string of the molecule is NN/C(SCc1ccc(C(F)(F)F)cc1)=C(\N)C(=O)O. The second-order valence-electron chi connectivity index (χ2n) is 3.68. The third kappa shape index (κ3) is 4.35. The van der Waals surface area contributed by atoms with Crippen LogP contribution in [-0.2, 0) is 16.7 Å². The first-order valence-corrected chi connectivity index (χ1v) is 6.23. The van der Waals surface area contributed by atoms with Crippen LogP contribution < -0.4 is 17.0 Å². The summed E-state index contributed by atoms with van der Waals surface area (Å²) in [6.07, 6.45) is -4.39. The number of thioether (sulfide) groups is 1. The number of aliphatic carboxylic acids is 1. The lowest BCUT2D eigenvalue weighted by Gasteiger charge is -2.10. The molecule has 0 saturated carbocycles. The van der Waals surface area contributed by atoms with Crippen molar-refractivity contribution in [3.63, 3.8) is 0 Å². The molecule has 0 saturated heterocycles. The van der Waals surface area contributed by atoms with Gasteiger partial charge in [-0.05, 0) is 17.7 Å². The Hall–Kier alpha value is -1.87. The lowest BCUT2D eigenvalue weighted by Crippen LogP contribution is -2.26. The van der Waals surface area contributed by atoms with Crippen LogP contribution in [0, 0.1) is 0 Å². The van der Waals surface area contributed by atoms with Crippen molar-refractivity contribution in [1.82, 2.24) is 5.43 Å².